The number of rotatable bonds is 4. The minimum atomic E-state index is -0.452. The van der Waals surface area contributed by atoms with Gasteiger partial charge < -0.3 is 15.4 Å². The van der Waals surface area contributed by atoms with Gasteiger partial charge in [-0.15, -0.1) is 0 Å². The van der Waals surface area contributed by atoms with Gasteiger partial charge in [0.15, 0.2) is 11.5 Å². The van der Waals surface area contributed by atoms with Gasteiger partial charge in [-0.2, -0.15) is 0 Å². The molecule has 0 fully saturated rings. The average Bonchev–Trinajstić information content (AvgIpc) is 2.74. The smallest absolute Gasteiger partial charge is 0.291 e. The number of carbonyl (C=O) groups is 2. The third-order valence-electron chi connectivity index (χ3n) is 4.52. The first kappa shape index (κ1) is 19.7. The minimum absolute atomic E-state index is 0.0518. The Morgan fingerprint density at radius 1 is 1.10 bits per heavy atom. The molecule has 0 spiro atoms. The Kier molecular flexibility index (Phi) is 5.50. The van der Waals surface area contributed by atoms with Crippen molar-refractivity contribution >= 4 is 35.2 Å². The molecule has 0 atom stereocenters. The molecule has 150 valence electrons. The van der Waals surface area contributed by atoms with Crippen LogP contribution in [0.1, 0.15) is 21.5 Å². The van der Waals surface area contributed by atoms with Crippen LogP contribution in [0.3, 0.4) is 0 Å². The fourth-order valence-electron chi connectivity index (χ4n) is 2.95. The maximum atomic E-state index is 13.7. The first-order chi connectivity index (χ1) is 14.5. The molecule has 3 aromatic rings. The lowest BCUT2D eigenvalue weighted by atomic mass is 10.1. The highest BCUT2D eigenvalue weighted by molar-refractivity contribution is 6.32. The van der Waals surface area contributed by atoms with E-state index in [1.165, 1.54) is 12.1 Å². The number of fused-ring (bicyclic) bond motifs is 1. The molecule has 2 N–H and O–H groups in total. The lowest BCUT2D eigenvalue weighted by Gasteiger charge is -2.20. The van der Waals surface area contributed by atoms with Crippen LogP contribution in [0.15, 0.2) is 72.5 Å². The van der Waals surface area contributed by atoms with Gasteiger partial charge >= 0.3 is 0 Å². The van der Waals surface area contributed by atoms with Crippen molar-refractivity contribution in [3.8, 4) is 5.75 Å². The Morgan fingerprint density at radius 3 is 2.67 bits per heavy atom. The number of hydrogen-bond donors (Lipinski definition) is 2. The van der Waals surface area contributed by atoms with E-state index in [0.717, 1.165) is 0 Å². The van der Waals surface area contributed by atoms with Gasteiger partial charge in [-0.3, -0.25) is 9.59 Å². The molecule has 3 aromatic carbocycles. The second kappa shape index (κ2) is 8.39. The summed E-state index contributed by atoms with van der Waals surface area (Å²) in [7, 11) is 0. The summed E-state index contributed by atoms with van der Waals surface area (Å²) in [4.78, 5) is 24.8. The predicted molar refractivity (Wildman–Crippen MR) is 113 cm³/mol. The Balaban J connectivity index is 1.50. The van der Waals surface area contributed by atoms with Crippen LogP contribution in [0.5, 0.6) is 5.75 Å². The van der Waals surface area contributed by atoms with Crippen LogP contribution in [0, 0.1) is 5.82 Å². The summed E-state index contributed by atoms with van der Waals surface area (Å²) in [5.74, 6) is -0.744. The van der Waals surface area contributed by atoms with Crippen molar-refractivity contribution in [2.24, 2.45) is 0 Å². The summed E-state index contributed by atoms with van der Waals surface area (Å²) < 4.78 is 19.4. The normalized spacial score (nSPS) is 13.9. The van der Waals surface area contributed by atoms with Gasteiger partial charge in [-0.05, 0) is 42.0 Å². The van der Waals surface area contributed by atoms with Crippen molar-refractivity contribution in [1.82, 2.24) is 5.32 Å². The van der Waals surface area contributed by atoms with Gasteiger partial charge in [-0.25, -0.2) is 4.39 Å². The van der Waals surface area contributed by atoms with E-state index in [1.54, 1.807) is 60.7 Å². The number of carbonyl (C=O) groups excluding carboxylic acids is 2. The van der Waals surface area contributed by atoms with E-state index in [-0.39, 0.29) is 18.1 Å². The van der Waals surface area contributed by atoms with Crippen LogP contribution >= 0.6 is 11.6 Å². The van der Waals surface area contributed by atoms with Crippen LogP contribution in [-0.4, -0.2) is 11.8 Å². The Hall–Kier alpha value is -3.64. The molecule has 0 aliphatic carbocycles. The lowest BCUT2D eigenvalue weighted by molar-refractivity contribution is -0.115. The highest BCUT2D eigenvalue weighted by Gasteiger charge is 2.23. The van der Waals surface area contributed by atoms with Crippen molar-refractivity contribution in [3.05, 3.63) is 100 Å². The summed E-state index contributed by atoms with van der Waals surface area (Å²) in [5.41, 5.74) is 1.72. The maximum absolute atomic E-state index is 13.7. The van der Waals surface area contributed by atoms with Crippen LogP contribution in [-0.2, 0) is 11.3 Å². The summed E-state index contributed by atoms with van der Waals surface area (Å²) in [6.45, 7) is 0.0518. The molecular formula is C23H16ClFN2O3. The summed E-state index contributed by atoms with van der Waals surface area (Å²) >= 11 is 6.13. The zero-order valence-corrected chi connectivity index (χ0v) is 16.4. The third kappa shape index (κ3) is 4.18. The van der Waals surface area contributed by atoms with Crippen molar-refractivity contribution in [1.29, 1.82) is 0 Å². The molecule has 0 saturated heterocycles. The standard InChI is InChI=1S/C23H16ClFN2O3/c24-17-7-3-1-5-14(17)12-21-23(29)27-19-11-15(9-10-20(19)30-21)22(28)26-13-16-6-2-4-8-18(16)25/h1-12H,13H2,(H,26,28)(H,27,29). The zero-order valence-electron chi connectivity index (χ0n) is 15.6. The maximum Gasteiger partial charge on any atom is 0.291 e. The molecule has 0 bridgehead atoms. The molecule has 7 heteroatoms. The van der Waals surface area contributed by atoms with Gasteiger partial charge in [0.2, 0.25) is 0 Å². The van der Waals surface area contributed by atoms with Crippen molar-refractivity contribution in [2.75, 3.05) is 5.32 Å². The van der Waals surface area contributed by atoms with Gasteiger partial charge in [0, 0.05) is 22.7 Å². The molecule has 4 rings (SSSR count). The topological polar surface area (TPSA) is 67.4 Å². The first-order valence-electron chi connectivity index (χ1n) is 9.12. The molecular weight excluding hydrogens is 407 g/mol. The number of benzene rings is 3. The molecule has 30 heavy (non-hydrogen) atoms. The fourth-order valence-corrected chi connectivity index (χ4v) is 3.14. The second-order valence-corrected chi connectivity index (χ2v) is 6.98. The number of amides is 2. The molecule has 0 unspecified atom stereocenters. The van der Waals surface area contributed by atoms with Gasteiger partial charge in [-0.1, -0.05) is 48.0 Å². The van der Waals surface area contributed by atoms with Crippen LogP contribution in [0.2, 0.25) is 5.02 Å². The number of hydrogen-bond acceptors (Lipinski definition) is 3. The van der Waals surface area contributed by atoms with E-state index in [1.807, 2.05) is 0 Å². The summed E-state index contributed by atoms with van der Waals surface area (Å²) in [6, 6.07) is 18.0. The van der Waals surface area contributed by atoms with Crippen LogP contribution in [0.25, 0.3) is 6.08 Å². The van der Waals surface area contributed by atoms with E-state index < -0.39 is 11.8 Å². The highest BCUT2D eigenvalue weighted by atomic mass is 35.5. The SMILES string of the molecule is O=C1Nc2cc(C(=O)NCc3ccccc3F)ccc2OC1=Cc1ccccc1Cl. The largest absolute Gasteiger partial charge is 0.449 e. The van der Waals surface area contributed by atoms with Gasteiger partial charge in [0.25, 0.3) is 11.8 Å². The molecule has 2 amide bonds. The van der Waals surface area contributed by atoms with Gasteiger partial charge in [0.1, 0.15) is 5.82 Å². The highest BCUT2D eigenvalue weighted by Crippen LogP contribution is 2.33. The molecule has 0 radical (unpaired) electrons. The average molecular weight is 423 g/mol. The number of halogens is 2. The quantitative estimate of drug-likeness (QED) is 0.594. The van der Waals surface area contributed by atoms with Crippen molar-refractivity contribution in [3.63, 3.8) is 0 Å². The second-order valence-electron chi connectivity index (χ2n) is 6.57. The number of nitrogens with one attached hydrogen (secondary N) is 2. The molecule has 5 nitrogen and oxygen atoms in total. The van der Waals surface area contributed by atoms with E-state index in [4.69, 9.17) is 16.3 Å². The van der Waals surface area contributed by atoms with Crippen LogP contribution in [0.4, 0.5) is 10.1 Å². The lowest BCUT2D eigenvalue weighted by Crippen LogP contribution is -2.26. The zero-order chi connectivity index (χ0) is 21.1. The molecule has 1 heterocycles. The Labute approximate surface area is 177 Å². The van der Waals surface area contributed by atoms with Crippen molar-refractivity contribution in [2.45, 2.75) is 6.54 Å². The van der Waals surface area contributed by atoms with Crippen LogP contribution < -0.4 is 15.4 Å². The first-order valence-corrected chi connectivity index (χ1v) is 9.50. The number of ether oxygens (including phenoxy) is 1. The number of anilines is 1. The molecule has 1 aliphatic rings. The van der Waals surface area contributed by atoms with Crippen molar-refractivity contribution < 1.29 is 18.7 Å². The minimum Gasteiger partial charge on any atom is -0.449 e. The summed E-state index contributed by atoms with van der Waals surface area (Å²) in [6.07, 6.45) is 1.55. The van der Waals surface area contributed by atoms with E-state index >= 15 is 0 Å². The van der Waals surface area contributed by atoms with E-state index in [0.29, 0.717) is 33.1 Å². The Bertz CT molecular complexity index is 1180. The van der Waals surface area contributed by atoms with E-state index in [2.05, 4.69) is 10.6 Å². The van der Waals surface area contributed by atoms with Gasteiger partial charge in [0.05, 0.1) is 5.69 Å². The van der Waals surface area contributed by atoms with E-state index in [9.17, 15) is 14.0 Å². The monoisotopic (exact) mass is 422 g/mol. The molecule has 1 aliphatic heterocycles. The molecule has 0 saturated carbocycles. The fraction of sp³-hybridized carbons (Fsp3) is 0.0435. The predicted octanol–water partition coefficient (Wildman–Crippen LogP) is 4.78. The Morgan fingerprint density at radius 2 is 1.87 bits per heavy atom. The third-order valence-corrected chi connectivity index (χ3v) is 4.87. The summed E-state index contributed by atoms with van der Waals surface area (Å²) in [5, 5.41) is 5.87. The molecule has 0 aromatic heterocycles.